The van der Waals surface area contributed by atoms with Crippen molar-refractivity contribution in [2.24, 2.45) is 0 Å². The lowest BCUT2D eigenvalue weighted by molar-refractivity contribution is 0.305. The zero-order valence-electron chi connectivity index (χ0n) is 9.06. The standard InChI is InChI=1S/C13H7ClFNO2/c14-12-13(18-12)7-3-1-2-4-9(7)17-10-8(13)5-6-16-11(10)15/h1-6,12H. The Bertz CT molecular complexity index is 663. The Morgan fingerprint density at radius 2 is 2.00 bits per heavy atom. The van der Waals surface area contributed by atoms with Crippen molar-refractivity contribution in [3.8, 4) is 11.5 Å². The number of halogens is 2. The lowest BCUT2D eigenvalue weighted by Crippen LogP contribution is -2.20. The number of ether oxygens (including phenoxy) is 2. The van der Waals surface area contributed by atoms with E-state index in [1.165, 1.54) is 6.20 Å². The molecule has 1 saturated heterocycles. The van der Waals surface area contributed by atoms with E-state index < -0.39 is 17.1 Å². The molecule has 1 spiro atoms. The Hall–Kier alpha value is -1.65. The van der Waals surface area contributed by atoms with Crippen LogP contribution in [0.25, 0.3) is 0 Å². The number of pyridine rings is 1. The smallest absolute Gasteiger partial charge is 0.256 e. The molecular weight excluding hydrogens is 257 g/mol. The van der Waals surface area contributed by atoms with E-state index >= 15 is 0 Å². The second kappa shape index (κ2) is 3.22. The van der Waals surface area contributed by atoms with Crippen molar-refractivity contribution in [3.05, 3.63) is 53.6 Å². The molecule has 0 aliphatic carbocycles. The van der Waals surface area contributed by atoms with Crippen LogP contribution in [0.3, 0.4) is 0 Å². The molecule has 0 N–H and O–H groups in total. The van der Waals surface area contributed by atoms with Gasteiger partial charge in [0, 0.05) is 17.3 Å². The van der Waals surface area contributed by atoms with Crippen LogP contribution in [-0.4, -0.2) is 10.5 Å². The van der Waals surface area contributed by atoms with Gasteiger partial charge in [0.1, 0.15) is 5.75 Å². The first-order valence-electron chi connectivity index (χ1n) is 5.48. The number of rotatable bonds is 0. The summed E-state index contributed by atoms with van der Waals surface area (Å²) in [5.41, 5.74) is 0.107. The molecule has 0 amide bonds. The molecule has 0 radical (unpaired) electrons. The Kier molecular flexibility index (Phi) is 1.84. The summed E-state index contributed by atoms with van der Waals surface area (Å²) in [7, 11) is 0. The highest BCUT2D eigenvalue weighted by Gasteiger charge is 2.63. The van der Waals surface area contributed by atoms with Crippen LogP contribution in [0.2, 0.25) is 0 Å². The molecule has 4 rings (SSSR count). The lowest BCUT2D eigenvalue weighted by atomic mass is 9.89. The fraction of sp³-hybridized carbons (Fsp3) is 0.154. The van der Waals surface area contributed by atoms with E-state index in [9.17, 15) is 4.39 Å². The van der Waals surface area contributed by atoms with Crippen LogP contribution in [0, 0.1) is 5.95 Å². The Morgan fingerprint density at radius 1 is 1.22 bits per heavy atom. The molecule has 2 atom stereocenters. The normalized spacial score (nSPS) is 27.3. The van der Waals surface area contributed by atoms with Crippen molar-refractivity contribution in [2.45, 2.75) is 11.2 Å². The largest absolute Gasteiger partial charge is 0.452 e. The Morgan fingerprint density at radius 3 is 2.78 bits per heavy atom. The Labute approximate surface area is 107 Å². The third-order valence-electron chi connectivity index (χ3n) is 3.31. The van der Waals surface area contributed by atoms with Crippen LogP contribution >= 0.6 is 11.6 Å². The van der Waals surface area contributed by atoms with Crippen LogP contribution in [0.4, 0.5) is 4.39 Å². The highest BCUT2D eigenvalue weighted by Crippen LogP contribution is 2.61. The van der Waals surface area contributed by atoms with Gasteiger partial charge in [-0.05, 0) is 12.1 Å². The van der Waals surface area contributed by atoms with Gasteiger partial charge >= 0.3 is 0 Å². The average Bonchev–Trinajstić information content (AvgIpc) is 3.04. The number of nitrogens with zero attached hydrogens (tertiary/aromatic N) is 1. The summed E-state index contributed by atoms with van der Waals surface area (Å²) in [6.07, 6.45) is 1.39. The summed E-state index contributed by atoms with van der Waals surface area (Å²) < 4.78 is 24.8. The van der Waals surface area contributed by atoms with E-state index in [-0.39, 0.29) is 5.75 Å². The number of hydrogen-bond acceptors (Lipinski definition) is 3. The highest BCUT2D eigenvalue weighted by molar-refractivity contribution is 6.22. The van der Waals surface area contributed by atoms with Crippen molar-refractivity contribution in [2.75, 3.05) is 0 Å². The minimum Gasteiger partial charge on any atom is -0.452 e. The second-order valence-corrected chi connectivity index (χ2v) is 4.64. The number of aromatic nitrogens is 1. The van der Waals surface area contributed by atoms with E-state index in [1.807, 2.05) is 18.2 Å². The third-order valence-corrected chi connectivity index (χ3v) is 3.71. The van der Waals surface area contributed by atoms with Crippen LogP contribution in [0.1, 0.15) is 11.1 Å². The fourth-order valence-corrected chi connectivity index (χ4v) is 2.81. The van der Waals surface area contributed by atoms with Crippen LogP contribution < -0.4 is 4.74 Å². The molecule has 2 aliphatic rings. The molecule has 0 bridgehead atoms. The predicted octanol–water partition coefficient (Wildman–Crippen LogP) is 3.17. The second-order valence-electron chi connectivity index (χ2n) is 4.25. The van der Waals surface area contributed by atoms with E-state index in [4.69, 9.17) is 21.1 Å². The summed E-state index contributed by atoms with van der Waals surface area (Å²) in [5, 5.41) is 0. The van der Waals surface area contributed by atoms with Gasteiger partial charge in [0.25, 0.3) is 5.95 Å². The minimum absolute atomic E-state index is 0.0966. The molecule has 1 fully saturated rings. The number of hydrogen-bond donors (Lipinski definition) is 0. The maximum absolute atomic E-state index is 13.7. The first-order valence-corrected chi connectivity index (χ1v) is 5.91. The van der Waals surface area contributed by atoms with Crippen molar-refractivity contribution >= 4 is 11.6 Å². The first kappa shape index (κ1) is 10.3. The zero-order valence-corrected chi connectivity index (χ0v) is 9.82. The minimum atomic E-state index is -0.796. The van der Waals surface area contributed by atoms with Crippen LogP contribution in [-0.2, 0) is 10.3 Å². The van der Waals surface area contributed by atoms with E-state index in [2.05, 4.69) is 4.98 Å². The highest BCUT2D eigenvalue weighted by atomic mass is 35.5. The molecular formula is C13H7ClFNO2. The maximum atomic E-state index is 13.7. The molecule has 1 aromatic carbocycles. The van der Waals surface area contributed by atoms with Gasteiger partial charge in [-0.3, -0.25) is 0 Å². The van der Waals surface area contributed by atoms with Crippen molar-refractivity contribution in [3.63, 3.8) is 0 Å². The van der Waals surface area contributed by atoms with E-state index in [0.29, 0.717) is 11.3 Å². The summed E-state index contributed by atoms with van der Waals surface area (Å²) in [6.45, 7) is 0. The molecule has 3 heterocycles. The lowest BCUT2D eigenvalue weighted by Gasteiger charge is -2.25. The average molecular weight is 264 g/mol. The van der Waals surface area contributed by atoms with Gasteiger partial charge < -0.3 is 9.47 Å². The molecule has 5 heteroatoms. The molecule has 0 saturated carbocycles. The molecule has 3 nitrogen and oxygen atoms in total. The van der Waals surface area contributed by atoms with E-state index in [0.717, 1.165) is 5.56 Å². The SMILES string of the molecule is Fc1nccc2c1Oc1ccccc1C21OC1Cl. The monoisotopic (exact) mass is 263 g/mol. The number of fused-ring (bicyclic) bond motifs is 4. The number of alkyl halides is 1. The summed E-state index contributed by atoms with van der Waals surface area (Å²) in [4.78, 5) is 3.59. The molecule has 2 unspecified atom stereocenters. The van der Waals surface area contributed by atoms with Gasteiger partial charge in [-0.15, -0.1) is 0 Å². The van der Waals surface area contributed by atoms with Crippen molar-refractivity contribution in [1.29, 1.82) is 0 Å². The Balaban J connectivity index is 2.04. The van der Waals surface area contributed by atoms with Gasteiger partial charge in [0.15, 0.2) is 16.9 Å². The van der Waals surface area contributed by atoms with Gasteiger partial charge in [-0.25, -0.2) is 4.98 Å². The van der Waals surface area contributed by atoms with Crippen molar-refractivity contribution in [1.82, 2.24) is 4.98 Å². The van der Waals surface area contributed by atoms with Crippen LogP contribution in [0.15, 0.2) is 36.5 Å². The van der Waals surface area contributed by atoms with E-state index in [1.54, 1.807) is 12.1 Å². The van der Waals surface area contributed by atoms with Crippen LogP contribution in [0.5, 0.6) is 11.5 Å². The van der Waals surface area contributed by atoms with Gasteiger partial charge in [-0.2, -0.15) is 4.39 Å². The number of benzene rings is 1. The number of para-hydroxylation sites is 1. The molecule has 2 aromatic rings. The fourth-order valence-electron chi connectivity index (χ4n) is 2.43. The third kappa shape index (κ3) is 1.09. The van der Waals surface area contributed by atoms with Crippen molar-refractivity contribution < 1.29 is 13.9 Å². The molecule has 18 heavy (non-hydrogen) atoms. The summed E-state index contributed by atoms with van der Waals surface area (Å²) >= 11 is 6.11. The predicted molar refractivity (Wildman–Crippen MR) is 62.2 cm³/mol. The first-order chi connectivity index (χ1) is 8.73. The van der Waals surface area contributed by atoms with Gasteiger partial charge in [0.05, 0.1) is 0 Å². The maximum Gasteiger partial charge on any atom is 0.256 e. The zero-order chi connectivity index (χ0) is 12.3. The van der Waals surface area contributed by atoms with Gasteiger partial charge in [0.2, 0.25) is 0 Å². The molecule has 90 valence electrons. The van der Waals surface area contributed by atoms with Gasteiger partial charge in [-0.1, -0.05) is 29.8 Å². The topological polar surface area (TPSA) is 34.6 Å². The summed E-state index contributed by atoms with van der Waals surface area (Å²) in [5.74, 6) is 0.000134. The summed E-state index contributed by atoms with van der Waals surface area (Å²) in [6, 6.07) is 9.00. The number of epoxide rings is 1. The molecule has 1 aromatic heterocycles. The molecule has 2 aliphatic heterocycles. The quantitative estimate of drug-likeness (QED) is 0.416.